The van der Waals surface area contributed by atoms with Crippen LogP contribution in [0.2, 0.25) is 0 Å². The van der Waals surface area contributed by atoms with Crippen molar-refractivity contribution in [3.63, 3.8) is 0 Å². The summed E-state index contributed by atoms with van der Waals surface area (Å²) >= 11 is 0. The lowest BCUT2D eigenvalue weighted by molar-refractivity contribution is -0.140. The molecule has 3 nitrogen and oxygen atoms in total. The van der Waals surface area contributed by atoms with Gasteiger partial charge in [-0.3, -0.25) is 4.79 Å². The molecular formula is C13H17F3N2O. The van der Waals surface area contributed by atoms with E-state index in [1.807, 2.05) is 6.92 Å². The Morgan fingerprint density at radius 3 is 2.42 bits per heavy atom. The standard InChI is InChI=1S/C13H17F3N2O/c1-9-3-4-11(10(2)7-9)12(19)18(6-5-17)8-13(14,15)16/h3-4,7H,5-6,8,17H2,1-2H3. The van der Waals surface area contributed by atoms with Crippen molar-refractivity contribution in [1.82, 2.24) is 4.90 Å². The summed E-state index contributed by atoms with van der Waals surface area (Å²) in [5, 5.41) is 0. The molecule has 6 heteroatoms. The van der Waals surface area contributed by atoms with Crippen molar-refractivity contribution in [3.05, 3.63) is 34.9 Å². The van der Waals surface area contributed by atoms with Gasteiger partial charge in [0.2, 0.25) is 0 Å². The van der Waals surface area contributed by atoms with Crippen LogP contribution >= 0.6 is 0 Å². The molecule has 0 saturated carbocycles. The molecular weight excluding hydrogens is 257 g/mol. The molecule has 0 unspecified atom stereocenters. The number of hydrogen-bond donors (Lipinski definition) is 1. The van der Waals surface area contributed by atoms with E-state index in [1.54, 1.807) is 25.1 Å². The maximum atomic E-state index is 12.4. The molecule has 0 aliphatic carbocycles. The van der Waals surface area contributed by atoms with Crippen LogP contribution in [0, 0.1) is 13.8 Å². The minimum atomic E-state index is -4.43. The number of nitrogens with two attached hydrogens (primary N) is 1. The Balaban J connectivity index is 2.99. The molecule has 0 bridgehead atoms. The van der Waals surface area contributed by atoms with Crippen molar-refractivity contribution >= 4 is 5.91 Å². The van der Waals surface area contributed by atoms with Crippen molar-refractivity contribution in [3.8, 4) is 0 Å². The molecule has 0 aromatic heterocycles. The van der Waals surface area contributed by atoms with Crippen molar-refractivity contribution in [2.24, 2.45) is 5.73 Å². The predicted octanol–water partition coefficient (Wildman–Crippen LogP) is 2.27. The summed E-state index contributed by atoms with van der Waals surface area (Å²) in [5.41, 5.74) is 7.16. The highest BCUT2D eigenvalue weighted by Gasteiger charge is 2.33. The molecule has 0 spiro atoms. The molecule has 0 saturated heterocycles. The van der Waals surface area contributed by atoms with Gasteiger partial charge in [0.1, 0.15) is 6.54 Å². The Morgan fingerprint density at radius 2 is 1.95 bits per heavy atom. The van der Waals surface area contributed by atoms with Crippen LogP contribution in [0.3, 0.4) is 0 Å². The molecule has 106 valence electrons. The lowest BCUT2D eigenvalue weighted by atomic mass is 10.0. The largest absolute Gasteiger partial charge is 0.406 e. The van der Waals surface area contributed by atoms with E-state index in [2.05, 4.69) is 0 Å². The molecule has 0 aliphatic heterocycles. The number of hydrogen-bond acceptors (Lipinski definition) is 2. The van der Waals surface area contributed by atoms with E-state index in [9.17, 15) is 18.0 Å². The normalized spacial score (nSPS) is 11.5. The molecule has 1 rings (SSSR count). The molecule has 2 N–H and O–H groups in total. The van der Waals surface area contributed by atoms with E-state index in [0.29, 0.717) is 5.56 Å². The smallest absolute Gasteiger partial charge is 0.329 e. The van der Waals surface area contributed by atoms with Crippen LogP contribution in [-0.4, -0.2) is 36.6 Å². The van der Waals surface area contributed by atoms with E-state index in [4.69, 9.17) is 5.73 Å². The lowest BCUT2D eigenvalue weighted by Crippen LogP contribution is -2.42. The third-order valence-electron chi connectivity index (χ3n) is 2.67. The monoisotopic (exact) mass is 274 g/mol. The number of nitrogens with zero attached hydrogens (tertiary/aromatic N) is 1. The minimum Gasteiger partial charge on any atom is -0.329 e. The second kappa shape index (κ2) is 6.06. The summed E-state index contributed by atoms with van der Waals surface area (Å²) in [6.07, 6.45) is -4.43. The summed E-state index contributed by atoms with van der Waals surface area (Å²) in [6.45, 7) is 2.15. The molecule has 0 atom stereocenters. The third-order valence-corrected chi connectivity index (χ3v) is 2.67. The van der Waals surface area contributed by atoms with Gasteiger partial charge in [-0.2, -0.15) is 13.2 Å². The maximum Gasteiger partial charge on any atom is 0.406 e. The zero-order chi connectivity index (χ0) is 14.6. The number of alkyl halides is 3. The molecule has 19 heavy (non-hydrogen) atoms. The second-order valence-corrected chi connectivity index (χ2v) is 4.45. The Labute approximate surface area is 110 Å². The number of amides is 1. The Hall–Kier alpha value is -1.56. The van der Waals surface area contributed by atoms with E-state index in [0.717, 1.165) is 10.5 Å². The minimum absolute atomic E-state index is 0.00721. The number of benzene rings is 1. The van der Waals surface area contributed by atoms with E-state index < -0.39 is 18.6 Å². The molecule has 0 radical (unpaired) electrons. The zero-order valence-corrected chi connectivity index (χ0v) is 10.9. The summed E-state index contributed by atoms with van der Waals surface area (Å²) < 4.78 is 37.3. The van der Waals surface area contributed by atoms with Gasteiger partial charge in [-0.1, -0.05) is 17.7 Å². The van der Waals surface area contributed by atoms with Gasteiger partial charge in [0.15, 0.2) is 0 Å². The van der Waals surface area contributed by atoms with Gasteiger partial charge in [-0.15, -0.1) is 0 Å². The van der Waals surface area contributed by atoms with Gasteiger partial charge in [0, 0.05) is 18.7 Å². The van der Waals surface area contributed by atoms with Crippen LogP contribution < -0.4 is 5.73 Å². The number of halogens is 3. The average Bonchev–Trinajstić information content (AvgIpc) is 2.26. The van der Waals surface area contributed by atoms with Gasteiger partial charge in [0.25, 0.3) is 5.91 Å². The summed E-state index contributed by atoms with van der Waals surface area (Å²) in [6, 6.07) is 5.02. The molecule has 0 heterocycles. The van der Waals surface area contributed by atoms with Gasteiger partial charge in [-0.25, -0.2) is 0 Å². The van der Waals surface area contributed by atoms with Crippen molar-refractivity contribution in [2.75, 3.05) is 19.6 Å². The van der Waals surface area contributed by atoms with Crippen LogP contribution in [0.4, 0.5) is 13.2 Å². The number of aryl methyl sites for hydroxylation is 2. The summed E-state index contributed by atoms with van der Waals surface area (Å²) in [4.78, 5) is 12.8. The zero-order valence-electron chi connectivity index (χ0n) is 10.9. The van der Waals surface area contributed by atoms with Crippen molar-refractivity contribution < 1.29 is 18.0 Å². The highest BCUT2D eigenvalue weighted by molar-refractivity contribution is 5.95. The van der Waals surface area contributed by atoms with Gasteiger partial charge < -0.3 is 10.6 Å². The Kier molecular flexibility index (Phi) is 4.94. The quantitative estimate of drug-likeness (QED) is 0.915. The Morgan fingerprint density at radius 1 is 1.32 bits per heavy atom. The molecule has 1 aromatic carbocycles. The van der Waals surface area contributed by atoms with Crippen LogP contribution in [0.5, 0.6) is 0 Å². The van der Waals surface area contributed by atoms with E-state index in [1.165, 1.54) is 0 Å². The number of carbonyl (C=O) groups excluding carboxylic acids is 1. The first-order chi connectivity index (χ1) is 8.74. The topological polar surface area (TPSA) is 46.3 Å². The van der Waals surface area contributed by atoms with Crippen LogP contribution in [0.25, 0.3) is 0 Å². The van der Waals surface area contributed by atoms with Gasteiger partial charge in [0.05, 0.1) is 0 Å². The fourth-order valence-corrected chi connectivity index (χ4v) is 1.85. The fraction of sp³-hybridized carbons (Fsp3) is 0.462. The lowest BCUT2D eigenvalue weighted by Gasteiger charge is -2.24. The van der Waals surface area contributed by atoms with Crippen LogP contribution in [0.15, 0.2) is 18.2 Å². The number of carbonyl (C=O) groups is 1. The second-order valence-electron chi connectivity index (χ2n) is 4.45. The van der Waals surface area contributed by atoms with E-state index >= 15 is 0 Å². The van der Waals surface area contributed by atoms with E-state index in [-0.39, 0.29) is 18.7 Å². The SMILES string of the molecule is Cc1ccc(C(=O)N(CCN)CC(F)(F)F)c(C)c1. The van der Waals surface area contributed by atoms with Gasteiger partial charge >= 0.3 is 6.18 Å². The highest BCUT2D eigenvalue weighted by Crippen LogP contribution is 2.19. The summed E-state index contributed by atoms with van der Waals surface area (Å²) in [7, 11) is 0. The predicted molar refractivity (Wildman–Crippen MR) is 66.9 cm³/mol. The average molecular weight is 274 g/mol. The van der Waals surface area contributed by atoms with Crippen LogP contribution in [0.1, 0.15) is 21.5 Å². The molecule has 1 aromatic rings. The molecule has 0 aliphatic rings. The first kappa shape index (κ1) is 15.5. The van der Waals surface area contributed by atoms with Crippen molar-refractivity contribution in [2.45, 2.75) is 20.0 Å². The number of rotatable bonds is 4. The molecule has 0 fully saturated rings. The highest BCUT2D eigenvalue weighted by atomic mass is 19.4. The first-order valence-corrected chi connectivity index (χ1v) is 5.88. The summed E-state index contributed by atoms with van der Waals surface area (Å²) in [5.74, 6) is -0.639. The first-order valence-electron chi connectivity index (χ1n) is 5.88. The van der Waals surface area contributed by atoms with Crippen molar-refractivity contribution in [1.29, 1.82) is 0 Å². The maximum absolute atomic E-state index is 12.4. The fourth-order valence-electron chi connectivity index (χ4n) is 1.85. The molecule has 1 amide bonds. The third kappa shape index (κ3) is 4.55. The van der Waals surface area contributed by atoms with Gasteiger partial charge in [-0.05, 0) is 25.5 Å². The van der Waals surface area contributed by atoms with Crippen LogP contribution in [-0.2, 0) is 0 Å². The Bertz CT molecular complexity index is 458.